The molecule has 0 aliphatic heterocycles. The van der Waals surface area contributed by atoms with Crippen LogP contribution >= 0.6 is 34.8 Å². The number of carbonyl (C=O) groups excluding carboxylic acids is 1. The summed E-state index contributed by atoms with van der Waals surface area (Å²) in [5.74, 6) is 5.79. The smallest absolute Gasteiger partial charge is 0.240 e. The first-order valence-corrected chi connectivity index (χ1v) is 6.91. The second kappa shape index (κ2) is 6.38. The first-order valence-electron chi connectivity index (χ1n) is 5.77. The van der Waals surface area contributed by atoms with Gasteiger partial charge < -0.3 is 16.9 Å². The lowest BCUT2D eigenvalue weighted by atomic mass is 10.2. The Bertz CT molecular complexity index is 687. The fourth-order valence-corrected chi connectivity index (χ4v) is 2.16. The van der Waals surface area contributed by atoms with Gasteiger partial charge in [0.25, 0.3) is 0 Å². The number of amides is 1. The molecule has 21 heavy (non-hydrogen) atoms. The summed E-state index contributed by atoms with van der Waals surface area (Å²) in [6.07, 6.45) is 0.414. The topological polar surface area (TPSA) is 112 Å². The van der Waals surface area contributed by atoms with Crippen LogP contribution in [0.5, 0.6) is 0 Å². The molecule has 0 saturated heterocycles. The van der Waals surface area contributed by atoms with Crippen molar-refractivity contribution in [2.75, 3.05) is 16.9 Å². The minimum absolute atomic E-state index is 0.0814. The second-order valence-corrected chi connectivity index (χ2v) is 5.36. The van der Waals surface area contributed by atoms with Gasteiger partial charge in [0, 0.05) is 12.8 Å². The number of nitrogens with one attached hydrogen (secondary N) is 1. The molecule has 0 spiro atoms. The van der Waals surface area contributed by atoms with E-state index in [-0.39, 0.29) is 24.7 Å². The first kappa shape index (κ1) is 15.7. The Balaban J connectivity index is 1.99. The molecular weight excluding hydrogens is 339 g/mol. The molecular formula is C11H11Cl3N6O. The summed E-state index contributed by atoms with van der Waals surface area (Å²) in [4.78, 5) is 11.9. The maximum Gasteiger partial charge on any atom is 0.240 e. The quantitative estimate of drug-likeness (QED) is 0.578. The molecule has 0 bridgehead atoms. The molecule has 0 fully saturated rings. The number of nitrogen functional groups attached to an aromatic ring is 2. The van der Waals surface area contributed by atoms with Crippen molar-refractivity contribution in [2.45, 2.75) is 12.8 Å². The number of halogens is 3. The summed E-state index contributed by atoms with van der Waals surface area (Å²) >= 11 is 17.7. The normalized spacial score (nSPS) is 10.6. The third-order valence-electron chi connectivity index (χ3n) is 2.65. The molecule has 0 aliphatic carbocycles. The van der Waals surface area contributed by atoms with Gasteiger partial charge in [0.15, 0.2) is 5.82 Å². The van der Waals surface area contributed by atoms with Crippen molar-refractivity contribution in [1.82, 2.24) is 14.9 Å². The number of aryl methyl sites for hydroxylation is 1. The lowest BCUT2D eigenvalue weighted by Crippen LogP contribution is -2.18. The van der Waals surface area contributed by atoms with Gasteiger partial charge in [0.05, 0.1) is 20.8 Å². The highest BCUT2D eigenvalue weighted by Crippen LogP contribution is 2.32. The molecule has 1 aromatic heterocycles. The molecule has 0 aliphatic rings. The Labute approximate surface area is 135 Å². The summed E-state index contributed by atoms with van der Waals surface area (Å²) < 4.78 is 1.12. The van der Waals surface area contributed by atoms with Gasteiger partial charge >= 0.3 is 0 Å². The lowest BCUT2D eigenvalue weighted by molar-refractivity contribution is -0.116. The third-order valence-corrected chi connectivity index (χ3v) is 3.69. The standard InChI is InChI=1S/C11H11Cl3N6O/c12-5-3-7(14)8(4-6(5)13)17-10(21)2-1-9-18-19-11(15)20(9)16/h3-4H,1-2,16H2,(H2,15,19)(H,17,21). The highest BCUT2D eigenvalue weighted by Gasteiger charge is 2.12. The molecule has 0 saturated carbocycles. The van der Waals surface area contributed by atoms with Crippen molar-refractivity contribution in [3.63, 3.8) is 0 Å². The highest BCUT2D eigenvalue weighted by molar-refractivity contribution is 6.44. The van der Waals surface area contributed by atoms with Crippen molar-refractivity contribution < 1.29 is 4.79 Å². The van der Waals surface area contributed by atoms with Crippen molar-refractivity contribution >= 4 is 52.3 Å². The summed E-state index contributed by atoms with van der Waals surface area (Å²) in [5.41, 5.74) is 5.82. The van der Waals surface area contributed by atoms with Crippen LogP contribution in [0.3, 0.4) is 0 Å². The number of hydrogen-bond acceptors (Lipinski definition) is 5. The summed E-state index contributed by atoms with van der Waals surface area (Å²) in [7, 11) is 0. The van der Waals surface area contributed by atoms with Crippen LogP contribution in [0.2, 0.25) is 15.1 Å². The Morgan fingerprint density at radius 3 is 2.48 bits per heavy atom. The fraction of sp³-hybridized carbons (Fsp3) is 0.182. The van der Waals surface area contributed by atoms with E-state index in [2.05, 4.69) is 15.5 Å². The van der Waals surface area contributed by atoms with E-state index in [1.54, 1.807) is 0 Å². The van der Waals surface area contributed by atoms with Crippen molar-refractivity contribution in [3.8, 4) is 0 Å². The van der Waals surface area contributed by atoms with E-state index in [0.29, 0.717) is 26.6 Å². The zero-order valence-electron chi connectivity index (χ0n) is 10.6. The van der Waals surface area contributed by atoms with E-state index in [0.717, 1.165) is 4.68 Å². The molecule has 1 amide bonds. The highest BCUT2D eigenvalue weighted by atomic mass is 35.5. The summed E-state index contributed by atoms with van der Waals surface area (Å²) in [6, 6.07) is 2.94. The minimum atomic E-state index is -0.281. The molecule has 1 heterocycles. The van der Waals surface area contributed by atoms with Gasteiger partial charge in [-0.1, -0.05) is 34.8 Å². The summed E-state index contributed by atoms with van der Waals surface area (Å²) in [5, 5.41) is 10.9. The second-order valence-electron chi connectivity index (χ2n) is 4.14. The van der Waals surface area contributed by atoms with Crippen LogP contribution in [-0.2, 0) is 11.2 Å². The molecule has 2 aromatic rings. The largest absolute Gasteiger partial charge is 0.366 e. The first-order chi connectivity index (χ1) is 9.88. The van der Waals surface area contributed by atoms with E-state index < -0.39 is 0 Å². The molecule has 1 aromatic carbocycles. The lowest BCUT2D eigenvalue weighted by Gasteiger charge is -2.08. The zero-order chi connectivity index (χ0) is 15.6. The number of anilines is 2. The van der Waals surface area contributed by atoms with Gasteiger partial charge in [-0.25, -0.2) is 4.68 Å². The van der Waals surface area contributed by atoms with E-state index >= 15 is 0 Å². The fourth-order valence-electron chi connectivity index (χ4n) is 1.56. The Morgan fingerprint density at radius 1 is 1.19 bits per heavy atom. The number of aromatic nitrogens is 3. The average molecular weight is 350 g/mol. The Kier molecular flexibility index (Phi) is 4.76. The maximum absolute atomic E-state index is 11.9. The van der Waals surface area contributed by atoms with Crippen molar-refractivity contribution in [3.05, 3.63) is 33.0 Å². The number of nitrogens with two attached hydrogens (primary N) is 2. The molecule has 5 N–H and O–H groups in total. The number of hydrogen-bond donors (Lipinski definition) is 3. The van der Waals surface area contributed by atoms with Gasteiger partial charge in [-0.15, -0.1) is 10.2 Å². The van der Waals surface area contributed by atoms with Crippen LogP contribution < -0.4 is 16.9 Å². The van der Waals surface area contributed by atoms with Gasteiger partial charge in [-0.2, -0.15) is 0 Å². The molecule has 7 nitrogen and oxygen atoms in total. The SMILES string of the molecule is Nc1nnc(CCC(=O)Nc2cc(Cl)c(Cl)cc2Cl)n1N. The molecule has 2 rings (SSSR count). The Hall–Kier alpha value is -1.70. The molecule has 0 unspecified atom stereocenters. The van der Waals surface area contributed by atoms with Crippen molar-refractivity contribution in [2.24, 2.45) is 0 Å². The molecule has 10 heteroatoms. The van der Waals surface area contributed by atoms with E-state index in [4.69, 9.17) is 46.4 Å². The number of carbonyl (C=O) groups is 1. The minimum Gasteiger partial charge on any atom is -0.366 e. The number of rotatable bonds is 4. The zero-order valence-corrected chi connectivity index (χ0v) is 12.9. The van der Waals surface area contributed by atoms with Crippen LogP contribution in [0.25, 0.3) is 0 Å². The van der Waals surface area contributed by atoms with Gasteiger partial charge in [0.2, 0.25) is 11.9 Å². The van der Waals surface area contributed by atoms with Gasteiger partial charge in [-0.05, 0) is 12.1 Å². The summed E-state index contributed by atoms with van der Waals surface area (Å²) in [6.45, 7) is 0. The van der Waals surface area contributed by atoms with Crippen LogP contribution in [0.4, 0.5) is 11.6 Å². The average Bonchev–Trinajstić information content (AvgIpc) is 2.74. The molecule has 0 atom stereocenters. The van der Waals surface area contributed by atoms with E-state index in [9.17, 15) is 4.79 Å². The van der Waals surface area contributed by atoms with Crippen LogP contribution in [0, 0.1) is 0 Å². The molecule has 0 radical (unpaired) electrons. The van der Waals surface area contributed by atoms with Crippen LogP contribution in [0.1, 0.15) is 12.2 Å². The maximum atomic E-state index is 11.9. The van der Waals surface area contributed by atoms with Crippen LogP contribution in [-0.4, -0.2) is 20.8 Å². The number of benzene rings is 1. The van der Waals surface area contributed by atoms with Gasteiger partial charge in [0.1, 0.15) is 0 Å². The molecule has 112 valence electrons. The van der Waals surface area contributed by atoms with Crippen LogP contribution in [0.15, 0.2) is 12.1 Å². The van der Waals surface area contributed by atoms with E-state index in [1.165, 1.54) is 12.1 Å². The third kappa shape index (κ3) is 3.69. The predicted molar refractivity (Wildman–Crippen MR) is 83.0 cm³/mol. The Morgan fingerprint density at radius 2 is 1.86 bits per heavy atom. The van der Waals surface area contributed by atoms with Gasteiger partial charge in [-0.3, -0.25) is 4.79 Å². The van der Waals surface area contributed by atoms with E-state index in [1.807, 2.05) is 0 Å². The van der Waals surface area contributed by atoms with Crippen molar-refractivity contribution in [1.29, 1.82) is 0 Å². The number of nitrogens with zero attached hydrogens (tertiary/aromatic N) is 3. The predicted octanol–water partition coefficient (Wildman–Crippen LogP) is 2.11. The monoisotopic (exact) mass is 348 g/mol.